The van der Waals surface area contributed by atoms with E-state index in [1.165, 1.54) is 0 Å². The molecule has 0 aliphatic heterocycles. The van der Waals surface area contributed by atoms with Gasteiger partial charge >= 0.3 is 0 Å². The highest BCUT2D eigenvalue weighted by atomic mass is 32.1. The topological polar surface area (TPSA) is 30.0 Å². The highest BCUT2D eigenvalue weighted by Crippen LogP contribution is 1.73. The predicted molar refractivity (Wildman–Crippen MR) is 32.4 cm³/mol. The van der Waals surface area contributed by atoms with Gasteiger partial charge in [-0.05, 0) is 12.1 Å². The summed E-state index contributed by atoms with van der Waals surface area (Å²) in [5, 5.41) is 0. The summed E-state index contributed by atoms with van der Waals surface area (Å²) in [6, 6.07) is 5.72. The van der Waals surface area contributed by atoms with E-state index in [-0.39, 0.29) is 0 Å². The Labute approximate surface area is 53.1 Å². The molecule has 1 aromatic rings. The number of rotatable bonds is 0. The van der Waals surface area contributed by atoms with Gasteiger partial charge in [0.2, 0.25) is 0 Å². The van der Waals surface area contributed by atoms with Crippen molar-refractivity contribution >= 4 is 12.5 Å². The van der Waals surface area contributed by atoms with Crippen molar-refractivity contribution in [1.29, 1.82) is 0 Å². The van der Waals surface area contributed by atoms with Gasteiger partial charge in [0.15, 0.2) is 12.5 Å². The van der Waals surface area contributed by atoms with Crippen LogP contribution < -0.4 is 0 Å². The molecule has 0 aliphatic rings. The summed E-state index contributed by atoms with van der Waals surface area (Å²) in [4.78, 5) is 3.78. The van der Waals surface area contributed by atoms with Gasteiger partial charge in [-0.25, -0.2) is 0 Å². The normalized spacial score (nSPS) is 6.50. The lowest BCUT2D eigenvalue weighted by Gasteiger charge is -1.70. The molecule has 1 rings (SSSR count). The number of aromatic nitrogens is 1. The van der Waals surface area contributed by atoms with Crippen molar-refractivity contribution in [2.45, 2.75) is 0 Å². The first-order chi connectivity index (χ1) is 4.00. The molecule has 3 heteroatoms. The third kappa shape index (κ3) is 3.36. The minimum atomic E-state index is 1.75. The SMILES string of the molecule is O=S.c1ccncc1. The van der Waals surface area contributed by atoms with Gasteiger partial charge < -0.3 is 0 Å². The lowest BCUT2D eigenvalue weighted by Crippen LogP contribution is -1.58. The van der Waals surface area contributed by atoms with Crippen molar-refractivity contribution in [2.24, 2.45) is 0 Å². The molecule has 0 fully saturated rings. The average Bonchev–Trinajstić information content (AvgIpc) is 1.96. The van der Waals surface area contributed by atoms with Gasteiger partial charge in [-0.15, -0.1) is 0 Å². The summed E-state index contributed by atoms with van der Waals surface area (Å²) >= 11 is 2.83. The quantitative estimate of drug-likeness (QED) is 0.515. The van der Waals surface area contributed by atoms with Crippen molar-refractivity contribution in [2.75, 3.05) is 0 Å². The molecule has 0 radical (unpaired) electrons. The van der Waals surface area contributed by atoms with Gasteiger partial charge in [-0.2, -0.15) is 4.21 Å². The van der Waals surface area contributed by atoms with Crippen molar-refractivity contribution in [3.05, 3.63) is 30.6 Å². The van der Waals surface area contributed by atoms with Gasteiger partial charge in [-0.3, -0.25) is 4.98 Å². The summed E-state index contributed by atoms with van der Waals surface area (Å²) in [6.45, 7) is 0. The maximum atomic E-state index is 7.83. The van der Waals surface area contributed by atoms with E-state index in [1.807, 2.05) is 18.2 Å². The third-order valence-corrected chi connectivity index (χ3v) is 0.566. The third-order valence-electron chi connectivity index (χ3n) is 0.566. The smallest absolute Gasteiger partial charge is 0.197 e. The molecule has 0 spiro atoms. The van der Waals surface area contributed by atoms with Crippen molar-refractivity contribution in [3.8, 4) is 0 Å². The Hall–Kier alpha value is -0.830. The van der Waals surface area contributed by atoms with Gasteiger partial charge in [-0.1, -0.05) is 6.07 Å². The molecule has 42 valence electrons. The summed E-state index contributed by atoms with van der Waals surface area (Å²) < 4.78 is 7.83. The van der Waals surface area contributed by atoms with Crippen molar-refractivity contribution in [1.82, 2.24) is 4.98 Å². The molecule has 1 heterocycles. The molecule has 8 heavy (non-hydrogen) atoms. The van der Waals surface area contributed by atoms with Crippen LogP contribution in [-0.4, -0.2) is 9.19 Å². The summed E-state index contributed by atoms with van der Waals surface area (Å²) in [7, 11) is 0. The monoisotopic (exact) mass is 127 g/mol. The van der Waals surface area contributed by atoms with E-state index < -0.39 is 0 Å². The van der Waals surface area contributed by atoms with Gasteiger partial charge in [0.1, 0.15) is 0 Å². The molecule has 0 bridgehead atoms. The van der Waals surface area contributed by atoms with Gasteiger partial charge in [0.05, 0.1) is 0 Å². The average molecular weight is 127 g/mol. The number of nitrogens with zero attached hydrogens (tertiary/aromatic N) is 1. The van der Waals surface area contributed by atoms with Crippen LogP contribution >= 0.6 is 0 Å². The number of pyridine rings is 1. The lowest BCUT2D eigenvalue weighted by molar-refractivity contribution is 0.702. The summed E-state index contributed by atoms with van der Waals surface area (Å²) in [5.41, 5.74) is 0. The van der Waals surface area contributed by atoms with Crippen molar-refractivity contribution in [3.63, 3.8) is 0 Å². The molecule has 0 saturated heterocycles. The van der Waals surface area contributed by atoms with E-state index in [2.05, 4.69) is 17.5 Å². The fourth-order valence-electron chi connectivity index (χ4n) is 0.313. The van der Waals surface area contributed by atoms with E-state index in [9.17, 15) is 0 Å². The molecule has 0 saturated carbocycles. The molecule has 0 aliphatic carbocycles. The number of hydrogen-bond acceptors (Lipinski definition) is 3. The first-order valence-corrected chi connectivity index (χ1v) is 2.35. The Bertz CT molecular complexity index is 95.3. The zero-order valence-corrected chi connectivity index (χ0v) is 4.97. The Kier molecular flexibility index (Phi) is 5.53. The largest absolute Gasteiger partial charge is 0.265 e. The molecular weight excluding hydrogens is 122 g/mol. The lowest BCUT2D eigenvalue weighted by atomic mass is 10.5. The number of hydrogen-bond donors (Lipinski definition) is 0. The summed E-state index contributed by atoms with van der Waals surface area (Å²) in [5.74, 6) is 0. The fourth-order valence-corrected chi connectivity index (χ4v) is 0.313. The molecule has 0 amide bonds. The van der Waals surface area contributed by atoms with Crippen molar-refractivity contribution < 1.29 is 4.21 Å². The molecule has 1 aromatic heterocycles. The molecule has 0 unspecified atom stereocenters. The van der Waals surface area contributed by atoms with Gasteiger partial charge in [0, 0.05) is 12.4 Å². The van der Waals surface area contributed by atoms with E-state index in [0.29, 0.717) is 0 Å². The first-order valence-electron chi connectivity index (χ1n) is 2.02. The van der Waals surface area contributed by atoms with E-state index >= 15 is 0 Å². The molecule has 2 nitrogen and oxygen atoms in total. The van der Waals surface area contributed by atoms with Crippen LogP contribution in [0.25, 0.3) is 0 Å². The second kappa shape index (κ2) is 6.17. The second-order valence-corrected chi connectivity index (χ2v) is 1.02. The molecule has 0 N–H and O–H groups in total. The molecular formula is C5H5NOS. The zero-order valence-electron chi connectivity index (χ0n) is 4.15. The van der Waals surface area contributed by atoms with Crippen LogP contribution in [0.1, 0.15) is 0 Å². The van der Waals surface area contributed by atoms with Crippen LogP contribution in [0.2, 0.25) is 0 Å². The summed E-state index contributed by atoms with van der Waals surface area (Å²) in [6.07, 6.45) is 3.50. The van der Waals surface area contributed by atoms with Gasteiger partial charge in [0.25, 0.3) is 0 Å². The zero-order chi connectivity index (χ0) is 6.24. The van der Waals surface area contributed by atoms with Crippen LogP contribution in [0.5, 0.6) is 0 Å². The van der Waals surface area contributed by atoms with E-state index in [1.54, 1.807) is 12.4 Å². The Morgan fingerprint density at radius 1 is 1.00 bits per heavy atom. The fraction of sp³-hybridized carbons (Fsp3) is 0. The predicted octanol–water partition coefficient (Wildman–Crippen LogP) is 0.745. The minimum absolute atomic E-state index is 1.75. The Morgan fingerprint density at radius 2 is 1.50 bits per heavy atom. The molecule has 0 atom stereocenters. The van der Waals surface area contributed by atoms with Crippen LogP contribution in [0.4, 0.5) is 0 Å². The van der Waals surface area contributed by atoms with Crippen LogP contribution in [0, 0.1) is 0 Å². The van der Waals surface area contributed by atoms with Crippen LogP contribution in [-0.2, 0) is 12.5 Å². The highest BCUT2D eigenvalue weighted by Gasteiger charge is 1.58. The maximum Gasteiger partial charge on any atom is 0.197 e. The second-order valence-electron chi connectivity index (χ2n) is 1.02. The van der Waals surface area contributed by atoms with E-state index in [0.717, 1.165) is 0 Å². The van der Waals surface area contributed by atoms with Crippen LogP contribution in [0.3, 0.4) is 0 Å². The maximum absolute atomic E-state index is 7.83. The standard InChI is InChI=1S/C5H5N.OS/c1-2-4-6-5-3-1;1-2/h1-5H;. The minimum Gasteiger partial charge on any atom is -0.265 e. The Balaban J connectivity index is 0.000000222. The Morgan fingerprint density at radius 3 is 1.62 bits per heavy atom. The first kappa shape index (κ1) is 7.17. The molecule has 0 aromatic carbocycles. The highest BCUT2D eigenvalue weighted by molar-refractivity contribution is 7.44. The van der Waals surface area contributed by atoms with E-state index in [4.69, 9.17) is 4.21 Å². The van der Waals surface area contributed by atoms with Crippen LogP contribution in [0.15, 0.2) is 30.6 Å².